The maximum Gasteiger partial charge on any atom is 0.122 e. The van der Waals surface area contributed by atoms with Gasteiger partial charge in [0.05, 0.1) is 0 Å². The molecular weight excluding hydrogens is 248 g/mol. The lowest BCUT2D eigenvalue weighted by Gasteiger charge is -2.29. The zero-order valence-corrected chi connectivity index (χ0v) is 12.9. The van der Waals surface area contributed by atoms with Crippen molar-refractivity contribution in [1.29, 1.82) is 0 Å². The topological polar surface area (TPSA) is 24.5 Å². The molecule has 3 nitrogen and oxygen atoms in total. The summed E-state index contributed by atoms with van der Waals surface area (Å²) < 4.78 is 5.90. The van der Waals surface area contributed by atoms with Crippen molar-refractivity contribution < 1.29 is 4.74 Å². The number of benzene rings is 1. The van der Waals surface area contributed by atoms with E-state index in [0.29, 0.717) is 6.04 Å². The average molecular weight is 276 g/mol. The number of piperidine rings is 1. The van der Waals surface area contributed by atoms with E-state index in [0.717, 1.165) is 32.0 Å². The first-order valence-corrected chi connectivity index (χ1v) is 7.93. The first-order chi connectivity index (χ1) is 9.79. The molecule has 0 aliphatic carbocycles. The van der Waals surface area contributed by atoms with E-state index in [-0.39, 0.29) is 0 Å². The molecule has 0 spiro atoms. The largest absolute Gasteiger partial charge is 0.492 e. The van der Waals surface area contributed by atoms with Crippen LogP contribution < -0.4 is 10.1 Å². The molecule has 1 unspecified atom stereocenters. The van der Waals surface area contributed by atoms with Crippen LogP contribution in [0.5, 0.6) is 5.75 Å². The van der Waals surface area contributed by atoms with E-state index in [2.05, 4.69) is 36.2 Å². The Balaban J connectivity index is 1.72. The Labute approximate surface area is 123 Å². The lowest BCUT2D eigenvalue weighted by molar-refractivity contribution is 0.190. The van der Waals surface area contributed by atoms with Crippen molar-refractivity contribution in [2.75, 3.05) is 32.8 Å². The number of hydrogen-bond acceptors (Lipinski definition) is 3. The summed E-state index contributed by atoms with van der Waals surface area (Å²) in [6, 6.07) is 8.90. The fourth-order valence-corrected chi connectivity index (χ4v) is 2.77. The van der Waals surface area contributed by atoms with Crippen molar-refractivity contribution in [2.24, 2.45) is 0 Å². The molecule has 0 bridgehead atoms. The zero-order chi connectivity index (χ0) is 14.2. The van der Waals surface area contributed by atoms with Crippen LogP contribution in [-0.2, 0) is 0 Å². The van der Waals surface area contributed by atoms with Crippen LogP contribution in [0.4, 0.5) is 0 Å². The molecule has 0 saturated carbocycles. The highest BCUT2D eigenvalue weighted by Gasteiger charge is 2.15. The van der Waals surface area contributed by atoms with E-state index in [9.17, 15) is 0 Å². The number of para-hydroxylation sites is 1. The van der Waals surface area contributed by atoms with Crippen LogP contribution in [0, 0.1) is 6.92 Å². The molecule has 2 rings (SSSR count). The Morgan fingerprint density at radius 1 is 1.30 bits per heavy atom. The lowest BCUT2D eigenvalue weighted by Crippen LogP contribution is -2.44. The number of hydrogen-bond donors (Lipinski definition) is 1. The third-order valence-electron chi connectivity index (χ3n) is 4.10. The minimum atomic E-state index is 0.669. The number of nitrogens with zero attached hydrogens (tertiary/aromatic N) is 1. The monoisotopic (exact) mass is 276 g/mol. The number of ether oxygens (including phenoxy) is 1. The summed E-state index contributed by atoms with van der Waals surface area (Å²) in [4.78, 5) is 2.49. The fraction of sp³-hybridized carbons (Fsp3) is 0.647. The molecule has 1 aliphatic heterocycles. The second-order valence-electron chi connectivity index (χ2n) is 5.65. The zero-order valence-electron chi connectivity index (χ0n) is 12.9. The molecule has 0 aromatic heterocycles. The summed E-state index contributed by atoms with van der Waals surface area (Å²) >= 11 is 0. The van der Waals surface area contributed by atoms with Crippen LogP contribution in [0.2, 0.25) is 0 Å². The number of nitrogens with one attached hydrogen (secondary N) is 1. The predicted octanol–water partition coefficient (Wildman–Crippen LogP) is 2.84. The molecule has 20 heavy (non-hydrogen) atoms. The van der Waals surface area contributed by atoms with Gasteiger partial charge < -0.3 is 10.1 Å². The van der Waals surface area contributed by atoms with Gasteiger partial charge in [-0.1, -0.05) is 31.5 Å². The van der Waals surface area contributed by atoms with Gasteiger partial charge in [-0.2, -0.15) is 0 Å². The van der Waals surface area contributed by atoms with Gasteiger partial charge >= 0.3 is 0 Å². The van der Waals surface area contributed by atoms with Crippen LogP contribution in [0.25, 0.3) is 0 Å². The first-order valence-electron chi connectivity index (χ1n) is 7.93. The molecule has 0 amide bonds. The molecule has 1 aromatic rings. The summed E-state index contributed by atoms with van der Waals surface area (Å²) in [6.07, 6.45) is 4.02. The van der Waals surface area contributed by atoms with Gasteiger partial charge in [-0.25, -0.2) is 0 Å². The van der Waals surface area contributed by atoms with E-state index in [1.807, 2.05) is 12.1 Å². The molecule has 3 heteroatoms. The van der Waals surface area contributed by atoms with Gasteiger partial charge in [0.25, 0.3) is 0 Å². The van der Waals surface area contributed by atoms with E-state index >= 15 is 0 Å². The highest BCUT2D eigenvalue weighted by Crippen LogP contribution is 2.16. The molecule has 0 radical (unpaired) electrons. The molecule has 1 N–H and O–H groups in total. The van der Waals surface area contributed by atoms with Gasteiger partial charge in [0.2, 0.25) is 0 Å². The van der Waals surface area contributed by atoms with Crippen LogP contribution in [-0.4, -0.2) is 43.7 Å². The van der Waals surface area contributed by atoms with Crippen LogP contribution in [0.3, 0.4) is 0 Å². The summed E-state index contributed by atoms with van der Waals surface area (Å²) in [5, 5.41) is 3.62. The Kier molecular flexibility index (Phi) is 6.34. The smallest absolute Gasteiger partial charge is 0.122 e. The van der Waals surface area contributed by atoms with E-state index in [1.165, 1.54) is 31.4 Å². The van der Waals surface area contributed by atoms with Gasteiger partial charge in [0.1, 0.15) is 12.4 Å². The summed E-state index contributed by atoms with van der Waals surface area (Å²) in [5.74, 6) is 1.01. The number of likely N-dealkylation sites (N-methyl/N-ethyl adjacent to an activating group) is 1. The van der Waals surface area contributed by atoms with Crippen molar-refractivity contribution in [3.63, 3.8) is 0 Å². The normalized spacial score (nSPS) is 19.2. The molecule has 1 heterocycles. The molecule has 1 aromatic carbocycles. The molecule has 1 atom stereocenters. The standard InChI is InChI=1S/C17H28N2O/c1-3-19(14-16-9-6-7-11-18-16)12-13-20-17-10-5-4-8-15(17)2/h4-5,8,10,16,18H,3,6-7,9,11-14H2,1-2H3. The van der Waals surface area contributed by atoms with E-state index < -0.39 is 0 Å². The molecular formula is C17H28N2O. The Morgan fingerprint density at radius 3 is 2.85 bits per heavy atom. The van der Waals surface area contributed by atoms with E-state index in [1.54, 1.807) is 0 Å². The average Bonchev–Trinajstić information content (AvgIpc) is 2.49. The lowest BCUT2D eigenvalue weighted by atomic mass is 10.0. The highest BCUT2D eigenvalue weighted by molar-refractivity contribution is 5.31. The van der Waals surface area contributed by atoms with Gasteiger partial charge in [-0.15, -0.1) is 0 Å². The SMILES string of the molecule is CCN(CCOc1ccccc1C)CC1CCCCN1. The molecule has 1 fully saturated rings. The Morgan fingerprint density at radius 2 is 2.15 bits per heavy atom. The Hall–Kier alpha value is -1.06. The maximum atomic E-state index is 5.90. The maximum absolute atomic E-state index is 5.90. The molecule has 1 saturated heterocycles. The number of aryl methyl sites for hydroxylation is 1. The van der Waals surface area contributed by atoms with Gasteiger partial charge in [0, 0.05) is 19.1 Å². The Bertz CT molecular complexity index is 388. The predicted molar refractivity (Wildman–Crippen MR) is 84.4 cm³/mol. The minimum Gasteiger partial charge on any atom is -0.492 e. The molecule has 112 valence electrons. The summed E-state index contributed by atoms with van der Waals surface area (Å²) in [5.41, 5.74) is 1.21. The van der Waals surface area contributed by atoms with Crippen molar-refractivity contribution in [2.45, 2.75) is 39.2 Å². The third kappa shape index (κ3) is 4.80. The third-order valence-corrected chi connectivity index (χ3v) is 4.10. The van der Waals surface area contributed by atoms with Gasteiger partial charge in [-0.05, 0) is 44.5 Å². The van der Waals surface area contributed by atoms with E-state index in [4.69, 9.17) is 4.74 Å². The fourth-order valence-electron chi connectivity index (χ4n) is 2.77. The highest BCUT2D eigenvalue weighted by atomic mass is 16.5. The minimum absolute atomic E-state index is 0.669. The van der Waals surface area contributed by atoms with Crippen molar-refractivity contribution >= 4 is 0 Å². The second kappa shape index (κ2) is 8.28. The summed E-state index contributed by atoms with van der Waals surface area (Å²) in [7, 11) is 0. The van der Waals surface area contributed by atoms with Crippen molar-refractivity contribution in [3.05, 3.63) is 29.8 Å². The van der Waals surface area contributed by atoms with Gasteiger partial charge in [-0.3, -0.25) is 4.90 Å². The second-order valence-corrected chi connectivity index (χ2v) is 5.65. The quantitative estimate of drug-likeness (QED) is 0.829. The van der Waals surface area contributed by atoms with Crippen LogP contribution in [0.15, 0.2) is 24.3 Å². The van der Waals surface area contributed by atoms with Crippen LogP contribution in [0.1, 0.15) is 31.7 Å². The van der Waals surface area contributed by atoms with Crippen molar-refractivity contribution in [3.8, 4) is 5.75 Å². The number of rotatable bonds is 7. The van der Waals surface area contributed by atoms with Crippen molar-refractivity contribution in [1.82, 2.24) is 10.2 Å². The molecule has 1 aliphatic rings. The van der Waals surface area contributed by atoms with Gasteiger partial charge in [0.15, 0.2) is 0 Å². The van der Waals surface area contributed by atoms with Crippen LogP contribution >= 0.6 is 0 Å². The summed E-state index contributed by atoms with van der Waals surface area (Å²) in [6.45, 7) is 9.52. The first kappa shape index (κ1) is 15.3.